The Labute approximate surface area is 127 Å². The number of hydrogen-bond acceptors (Lipinski definition) is 2. The molecular weight excluding hydrogens is 318 g/mol. The quantitative estimate of drug-likeness (QED) is 0.907. The van der Waals surface area contributed by atoms with Gasteiger partial charge < -0.3 is 10.1 Å². The van der Waals surface area contributed by atoms with E-state index in [0.717, 1.165) is 16.6 Å². The van der Waals surface area contributed by atoms with Gasteiger partial charge in [-0.1, -0.05) is 35.0 Å². The first-order valence-corrected chi connectivity index (χ1v) is 7.17. The van der Waals surface area contributed by atoms with Crippen LogP contribution in [0.5, 0.6) is 5.75 Å². The molecule has 0 heterocycles. The van der Waals surface area contributed by atoms with E-state index in [1.807, 2.05) is 30.3 Å². The number of ether oxygens (including phenoxy) is 1. The standard InChI is InChI=1S/C16H16BrNO2/c1-3-11-4-7-13(8-5-11)18-16(19)14-9-6-12(17)10-15(14)20-2/h4-10H,3H2,1-2H3,(H,18,19). The molecule has 0 saturated heterocycles. The third kappa shape index (κ3) is 3.39. The Morgan fingerprint density at radius 3 is 2.50 bits per heavy atom. The molecule has 0 aliphatic carbocycles. The van der Waals surface area contributed by atoms with Crippen molar-refractivity contribution in [1.82, 2.24) is 0 Å². The van der Waals surface area contributed by atoms with E-state index >= 15 is 0 Å². The van der Waals surface area contributed by atoms with Crippen LogP contribution in [0.25, 0.3) is 0 Å². The molecule has 2 aromatic carbocycles. The van der Waals surface area contributed by atoms with Crippen molar-refractivity contribution in [2.75, 3.05) is 12.4 Å². The van der Waals surface area contributed by atoms with Crippen molar-refractivity contribution in [3.05, 3.63) is 58.1 Å². The maximum absolute atomic E-state index is 12.3. The van der Waals surface area contributed by atoms with Gasteiger partial charge in [0.05, 0.1) is 12.7 Å². The molecule has 3 nitrogen and oxygen atoms in total. The van der Waals surface area contributed by atoms with Gasteiger partial charge in [0.15, 0.2) is 0 Å². The molecule has 2 aromatic rings. The number of nitrogens with one attached hydrogen (secondary N) is 1. The van der Waals surface area contributed by atoms with E-state index in [1.165, 1.54) is 5.56 Å². The van der Waals surface area contributed by atoms with Crippen LogP contribution in [0.3, 0.4) is 0 Å². The number of aryl methyl sites for hydroxylation is 1. The molecule has 104 valence electrons. The maximum atomic E-state index is 12.3. The van der Waals surface area contributed by atoms with Crippen LogP contribution in [0.4, 0.5) is 5.69 Å². The van der Waals surface area contributed by atoms with Gasteiger partial charge in [-0.2, -0.15) is 0 Å². The summed E-state index contributed by atoms with van der Waals surface area (Å²) in [6, 6.07) is 13.2. The molecule has 0 radical (unpaired) electrons. The molecular formula is C16H16BrNO2. The van der Waals surface area contributed by atoms with Gasteiger partial charge in [-0.3, -0.25) is 4.79 Å². The lowest BCUT2D eigenvalue weighted by atomic mass is 10.1. The molecule has 0 aliphatic heterocycles. The van der Waals surface area contributed by atoms with Gasteiger partial charge in [-0.05, 0) is 42.3 Å². The molecule has 20 heavy (non-hydrogen) atoms. The first-order chi connectivity index (χ1) is 9.63. The number of carbonyl (C=O) groups is 1. The Bertz CT molecular complexity index is 608. The summed E-state index contributed by atoms with van der Waals surface area (Å²) in [5.41, 5.74) is 2.52. The molecule has 0 spiro atoms. The van der Waals surface area contributed by atoms with Crippen LogP contribution in [0.15, 0.2) is 46.9 Å². The highest BCUT2D eigenvalue weighted by Crippen LogP contribution is 2.24. The molecule has 0 fully saturated rings. The number of halogens is 1. The summed E-state index contributed by atoms with van der Waals surface area (Å²) in [7, 11) is 1.55. The Balaban J connectivity index is 2.19. The van der Waals surface area contributed by atoms with Crippen LogP contribution in [-0.2, 0) is 6.42 Å². The molecule has 0 saturated carbocycles. The van der Waals surface area contributed by atoms with E-state index in [4.69, 9.17) is 4.74 Å². The largest absolute Gasteiger partial charge is 0.496 e. The zero-order valence-corrected chi connectivity index (χ0v) is 13.0. The van der Waals surface area contributed by atoms with Crippen molar-refractivity contribution in [3.8, 4) is 5.75 Å². The fourth-order valence-corrected chi connectivity index (χ4v) is 2.21. The number of anilines is 1. The third-order valence-electron chi connectivity index (χ3n) is 3.03. The Morgan fingerprint density at radius 1 is 1.20 bits per heavy atom. The van der Waals surface area contributed by atoms with Crippen LogP contribution in [0.1, 0.15) is 22.8 Å². The predicted octanol–water partition coefficient (Wildman–Crippen LogP) is 4.27. The minimum absolute atomic E-state index is 0.182. The van der Waals surface area contributed by atoms with Gasteiger partial charge in [0.2, 0.25) is 0 Å². The van der Waals surface area contributed by atoms with Gasteiger partial charge in [0.25, 0.3) is 5.91 Å². The van der Waals surface area contributed by atoms with E-state index in [-0.39, 0.29) is 5.91 Å². The summed E-state index contributed by atoms with van der Waals surface area (Å²) < 4.78 is 6.10. The lowest BCUT2D eigenvalue weighted by Gasteiger charge is -2.10. The zero-order chi connectivity index (χ0) is 14.5. The van der Waals surface area contributed by atoms with Gasteiger partial charge in [-0.15, -0.1) is 0 Å². The predicted molar refractivity (Wildman–Crippen MR) is 84.5 cm³/mol. The average molecular weight is 334 g/mol. The van der Waals surface area contributed by atoms with Gasteiger partial charge in [-0.25, -0.2) is 0 Å². The number of hydrogen-bond donors (Lipinski definition) is 1. The van der Waals surface area contributed by atoms with E-state index < -0.39 is 0 Å². The third-order valence-corrected chi connectivity index (χ3v) is 3.52. The molecule has 0 atom stereocenters. The molecule has 0 bridgehead atoms. The number of rotatable bonds is 4. The number of benzene rings is 2. The van der Waals surface area contributed by atoms with Crippen molar-refractivity contribution in [3.63, 3.8) is 0 Å². The van der Waals surface area contributed by atoms with Crippen molar-refractivity contribution in [1.29, 1.82) is 0 Å². The van der Waals surface area contributed by atoms with Crippen molar-refractivity contribution in [2.24, 2.45) is 0 Å². The second kappa shape index (κ2) is 6.57. The van der Waals surface area contributed by atoms with Crippen LogP contribution in [0, 0.1) is 0 Å². The van der Waals surface area contributed by atoms with E-state index in [0.29, 0.717) is 11.3 Å². The fraction of sp³-hybridized carbons (Fsp3) is 0.188. The van der Waals surface area contributed by atoms with E-state index in [1.54, 1.807) is 19.2 Å². The van der Waals surface area contributed by atoms with E-state index in [9.17, 15) is 4.79 Å². The molecule has 0 aliphatic rings. The minimum atomic E-state index is -0.182. The summed E-state index contributed by atoms with van der Waals surface area (Å²) in [4.78, 5) is 12.3. The van der Waals surface area contributed by atoms with Crippen molar-refractivity contribution < 1.29 is 9.53 Å². The Hall–Kier alpha value is -1.81. The minimum Gasteiger partial charge on any atom is -0.496 e. The van der Waals surface area contributed by atoms with Crippen LogP contribution in [0.2, 0.25) is 0 Å². The fourth-order valence-electron chi connectivity index (χ4n) is 1.87. The number of amides is 1. The van der Waals surface area contributed by atoms with Crippen molar-refractivity contribution >= 4 is 27.5 Å². The summed E-state index contributed by atoms with van der Waals surface area (Å²) >= 11 is 3.36. The summed E-state index contributed by atoms with van der Waals surface area (Å²) in [5, 5.41) is 2.87. The van der Waals surface area contributed by atoms with E-state index in [2.05, 4.69) is 28.2 Å². The summed E-state index contributed by atoms with van der Waals surface area (Å²) in [5.74, 6) is 0.362. The van der Waals surface area contributed by atoms with Crippen LogP contribution >= 0.6 is 15.9 Å². The topological polar surface area (TPSA) is 38.3 Å². The van der Waals surface area contributed by atoms with Gasteiger partial charge >= 0.3 is 0 Å². The van der Waals surface area contributed by atoms with Gasteiger partial charge in [0, 0.05) is 10.2 Å². The first-order valence-electron chi connectivity index (χ1n) is 6.38. The Morgan fingerprint density at radius 2 is 1.90 bits per heavy atom. The summed E-state index contributed by atoms with van der Waals surface area (Å²) in [6.07, 6.45) is 0.981. The summed E-state index contributed by atoms with van der Waals surface area (Å²) in [6.45, 7) is 2.10. The highest BCUT2D eigenvalue weighted by atomic mass is 79.9. The lowest BCUT2D eigenvalue weighted by molar-refractivity contribution is 0.102. The highest BCUT2D eigenvalue weighted by molar-refractivity contribution is 9.10. The molecule has 4 heteroatoms. The number of methoxy groups -OCH3 is 1. The molecule has 0 aromatic heterocycles. The lowest BCUT2D eigenvalue weighted by Crippen LogP contribution is -2.13. The van der Waals surface area contributed by atoms with Crippen molar-refractivity contribution in [2.45, 2.75) is 13.3 Å². The second-order valence-corrected chi connectivity index (χ2v) is 5.26. The highest BCUT2D eigenvalue weighted by Gasteiger charge is 2.12. The monoisotopic (exact) mass is 333 g/mol. The second-order valence-electron chi connectivity index (χ2n) is 4.35. The van der Waals surface area contributed by atoms with Crippen LogP contribution < -0.4 is 10.1 Å². The average Bonchev–Trinajstić information content (AvgIpc) is 2.47. The normalized spacial score (nSPS) is 10.2. The Kier molecular flexibility index (Phi) is 4.79. The SMILES string of the molecule is CCc1ccc(NC(=O)c2ccc(Br)cc2OC)cc1. The van der Waals surface area contributed by atoms with Gasteiger partial charge in [0.1, 0.15) is 5.75 Å². The molecule has 1 N–H and O–H groups in total. The molecule has 0 unspecified atom stereocenters. The number of carbonyl (C=O) groups excluding carboxylic acids is 1. The van der Waals surface area contributed by atoms with Crippen LogP contribution in [-0.4, -0.2) is 13.0 Å². The first kappa shape index (κ1) is 14.6. The smallest absolute Gasteiger partial charge is 0.259 e. The molecule has 2 rings (SSSR count). The zero-order valence-electron chi connectivity index (χ0n) is 11.4. The maximum Gasteiger partial charge on any atom is 0.259 e. The molecule has 1 amide bonds.